The maximum absolute atomic E-state index is 12.6. The van der Waals surface area contributed by atoms with Gasteiger partial charge in [-0.05, 0) is 62.2 Å². The Bertz CT molecular complexity index is 704. The second-order valence-electron chi connectivity index (χ2n) is 11.0. The van der Waals surface area contributed by atoms with Crippen molar-refractivity contribution < 1.29 is 14.7 Å². The van der Waals surface area contributed by atoms with E-state index < -0.39 is 5.60 Å². The number of rotatable bonds is 2. The van der Waals surface area contributed by atoms with Gasteiger partial charge >= 0.3 is 0 Å². The Labute approximate surface area is 168 Å². The first-order chi connectivity index (χ1) is 13.3. The molecule has 156 valence electrons. The fourth-order valence-electron chi connectivity index (χ4n) is 7.81. The smallest absolute Gasteiger partial charge is 0.152 e. The average Bonchev–Trinajstić information content (AvgIpc) is 2.92. The van der Waals surface area contributed by atoms with E-state index in [9.17, 15) is 9.90 Å². The van der Waals surface area contributed by atoms with Gasteiger partial charge in [-0.2, -0.15) is 0 Å². The van der Waals surface area contributed by atoms with Crippen LogP contribution in [0.1, 0.15) is 72.1 Å². The minimum Gasteiger partial charge on any atom is -0.390 e. The molecule has 5 fully saturated rings. The lowest BCUT2D eigenvalue weighted by atomic mass is 9.41. The van der Waals surface area contributed by atoms with Crippen LogP contribution in [0.4, 0.5) is 0 Å². The molecule has 0 amide bonds. The quantitative estimate of drug-likeness (QED) is 0.712. The number of Topliss-reactive ketones (excluding diaryl/α,β-unsaturated/α-hetero) is 1. The fourth-order valence-corrected chi connectivity index (χ4v) is 7.81. The van der Waals surface area contributed by atoms with Crippen molar-refractivity contribution in [3.63, 3.8) is 0 Å². The number of carbonyl (C=O) groups is 1. The summed E-state index contributed by atoms with van der Waals surface area (Å²) in [6.07, 6.45) is 7.73. The number of hydrogen-bond donors (Lipinski definition) is 2. The first-order valence-electron chi connectivity index (χ1n) is 11.5. The summed E-state index contributed by atoms with van der Waals surface area (Å²) in [4.78, 5) is 18.3. The van der Waals surface area contributed by atoms with Crippen molar-refractivity contribution in [3.8, 4) is 0 Å². The third kappa shape index (κ3) is 2.44. The lowest BCUT2D eigenvalue weighted by Gasteiger charge is -2.65. The molecule has 0 bridgehead atoms. The van der Waals surface area contributed by atoms with Crippen LogP contribution >= 0.6 is 0 Å². The number of carbonyl (C=O) groups excluding carboxylic acids is 1. The maximum atomic E-state index is 12.6. The van der Waals surface area contributed by atoms with Gasteiger partial charge < -0.3 is 15.3 Å². The van der Waals surface area contributed by atoms with Crippen LogP contribution in [0.3, 0.4) is 0 Å². The number of oxime groups is 1. The first-order valence-corrected chi connectivity index (χ1v) is 11.5. The highest BCUT2D eigenvalue weighted by Gasteiger charge is 2.66. The first kappa shape index (κ1) is 19.0. The largest absolute Gasteiger partial charge is 0.390 e. The predicted octanol–water partition coefficient (Wildman–Crippen LogP) is 3.30. The molecule has 0 aromatic rings. The summed E-state index contributed by atoms with van der Waals surface area (Å²) in [7, 11) is 0. The van der Waals surface area contributed by atoms with Gasteiger partial charge in [0.05, 0.1) is 11.3 Å². The highest BCUT2D eigenvalue weighted by molar-refractivity contribution is 5.87. The molecule has 5 nitrogen and oxygen atoms in total. The van der Waals surface area contributed by atoms with Gasteiger partial charge in [0.15, 0.2) is 6.10 Å². The van der Waals surface area contributed by atoms with Gasteiger partial charge in [-0.3, -0.25) is 4.79 Å². The molecule has 0 unspecified atom stereocenters. The molecule has 0 aromatic carbocycles. The topological polar surface area (TPSA) is 70.9 Å². The number of ketones is 1. The second-order valence-corrected chi connectivity index (χ2v) is 11.0. The van der Waals surface area contributed by atoms with Crippen molar-refractivity contribution >= 4 is 11.5 Å². The third-order valence-corrected chi connectivity index (χ3v) is 9.88. The molecule has 1 heterocycles. The molecule has 5 rings (SSSR count). The van der Waals surface area contributed by atoms with Crippen LogP contribution < -0.4 is 5.32 Å². The molecular formula is C23H36N2O3. The van der Waals surface area contributed by atoms with E-state index in [1.807, 2.05) is 0 Å². The van der Waals surface area contributed by atoms with Crippen molar-refractivity contribution in [1.82, 2.24) is 5.32 Å². The van der Waals surface area contributed by atoms with E-state index in [0.29, 0.717) is 30.0 Å². The SMILES string of the molecule is C[C@H]1C[C@H]2[C@@H]3CCC(=O)[C@@]3(C)CC[C@@H]2[C@@]2(C)CC/C(=N\OC3CNC3)C[C@]12O. The molecule has 4 aliphatic carbocycles. The van der Waals surface area contributed by atoms with E-state index in [4.69, 9.17) is 4.84 Å². The van der Waals surface area contributed by atoms with Crippen LogP contribution in [0.2, 0.25) is 0 Å². The molecule has 5 heteroatoms. The number of nitrogens with zero attached hydrogens (tertiary/aromatic N) is 1. The average molecular weight is 389 g/mol. The van der Waals surface area contributed by atoms with Crippen molar-refractivity contribution in [2.45, 2.75) is 83.8 Å². The van der Waals surface area contributed by atoms with Crippen LogP contribution in [0.15, 0.2) is 5.16 Å². The van der Waals surface area contributed by atoms with Gasteiger partial charge in [0.1, 0.15) is 5.78 Å². The Morgan fingerprint density at radius 2 is 1.93 bits per heavy atom. The van der Waals surface area contributed by atoms with Crippen molar-refractivity contribution in [3.05, 3.63) is 0 Å². The predicted molar refractivity (Wildman–Crippen MR) is 108 cm³/mol. The minimum atomic E-state index is -0.706. The Hall–Kier alpha value is -0.940. The van der Waals surface area contributed by atoms with Crippen LogP contribution in [-0.2, 0) is 9.63 Å². The molecule has 5 aliphatic rings. The van der Waals surface area contributed by atoms with E-state index in [1.54, 1.807) is 0 Å². The number of hydrogen-bond acceptors (Lipinski definition) is 5. The molecule has 7 atom stereocenters. The van der Waals surface area contributed by atoms with E-state index in [1.165, 1.54) is 0 Å². The van der Waals surface area contributed by atoms with E-state index in [2.05, 4.69) is 31.2 Å². The highest BCUT2D eigenvalue weighted by atomic mass is 16.6. The normalized spacial score (nSPS) is 52.6. The second kappa shape index (κ2) is 6.28. The van der Waals surface area contributed by atoms with Gasteiger partial charge in [0.2, 0.25) is 0 Å². The molecule has 0 radical (unpaired) electrons. The van der Waals surface area contributed by atoms with E-state index >= 15 is 0 Å². The molecular weight excluding hydrogens is 352 g/mol. The highest BCUT2D eigenvalue weighted by Crippen LogP contribution is 2.67. The zero-order valence-electron chi connectivity index (χ0n) is 17.7. The van der Waals surface area contributed by atoms with E-state index in [0.717, 1.165) is 63.7 Å². The summed E-state index contributed by atoms with van der Waals surface area (Å²) in [5.74, 6) is 2.35. The molecule has 28 heavy (non-hydrogen) atoms. The van der Waals surface area contributed by atoms with E-state index in [-0.39, 0.29) is 22.9 Å². The van der Waals surface area contributed by atoms with Gasteiger partial charge in [0, 0.05) is 36.8 Å². The monoisotopic (exact) mass is 388 g/mol. The summed E-state index contributed by atoms with van der Waals surface area (Å²) in [6, 6.07) is 0. The fraction of sp³-hybridized carbons (Fsp3) is 0.913. The van der Waals surface area contributed by atoms with Gasteiger partial charge in [-0.15, -0.1) is 0 Å². The summed E-state index contributed by atoms with van der Waals surface area (Å²) in [5, 5.41) is 19.7. The number of fused-ring (bicyclic) bond motifs is 5. The lowest BCUT2D eigenvalue weighted by molar-refractivity contribution is -0.214. The zero-order chi connectivity index (χ0) is 19.7. The molecule has 4 saturated carbocycles. The summed E-state index contributed by atoms with van der Waals surface area (Å²) >= 11 is 0. The third-order valence-electron chi connectivity index (χ3n) is 9.88. The minimum absolute atomic E-state index is 0.0840. The molecule has 0 aromatic heterocycles. The van der Waals surface area contributed by atoms with Crippen molar-refractivity contribution in [2.75, 3.05) is 13.1 Å². The van der Waals surface area contributed by atoms with Gasteiger partial charge in [-0.1, -0.05) is 25.9 Å². The standard InChI is InChI=1S/C23H36N2O3/c1-14-10-17-18-4-5-20(26)21(18,2)8-7-19(17)22(3)9-6-15(11-23(14,22)27)25-28-16-12-24-13-16/h14,16-19,24,27H,4-13H2,1-3H3/b25-15+/t14-,17-,18-,19-,21-,22+,23-/m0/s1. The Balaban J connectivity index is 1.41. The zero-order valence-corrected chi connectivity index (χ0v) is 17.7. The Morgan fingerprint density at radius 3 is 2.64 bits per heavy atom. The summed E-state index contributed by atoms with van der Waals surface area (Å²) in [5.41, 5.74) is 0.148. The molecule has 0 spiro atoms. The van der Waals surface area contributed by atoms with Crippen LogP contribution in [-0.4, -0.2) is 41.4 Å². The van der Waals surface area contributed by atoms with Crippen LogP contribution in [0, 0.1) is 34.5 Å². The number of nitrogens with one attached hydrogen (secondary N) is 1. The summed E-state index contributed by atoms with van der Waals surface area (Å²) < 4.78 is 0. The van der Waals surface area contributed by atoms with Gasteiger partial charge in [-0.25, -0.2) is 0 Å². The van der Waals surface area contributed by atoms with Crippen LogP contribution in [0.25, 0.3) is 0 Å². The Morgan fingerprint density at radius 1 is 1.14 bits per heavy atom. The van der Waals surface area contributed by atoms with Crippen LogP contribution in [0.5, 0.6) is 0 Å². The molecule has 1 saturated heterocycles. The molecule has 2 N–H and O–H groups in total. The molecule has 1 aliphatic heterocycles. The van der Waals surface area contributed by atoms with Gasteiger partial charge in [0.25, 0.3) is 0 Å². The summed E-state index contributed by atoms with van der Waals surface area (Å²) in [6.45, 7) is 8.55. The maximum Gasteiger partial charge on any atom is 0.152 e. The Kier molecular flexibility index (Phi) is 4.27. The van der Waals surface area contributed by atoms with Crippen molar-refractivity contribution in [1.29, 1.82) is 0 Å². The van der Waals surface area contributed by atoms with Crippen molar-refractivity contribution in [2.24, 2.45) is 39.7 Å². The number of aliphatic hydroxyl groups is 1. The lowest BCUT2D eigenvalue weighted by Crippen LogP contribution is -2.65.